The molecule has 2 aromatic rings. The third-order valence-corrected chi connectivity index (χ3v) is 10.0. The number of benzene rings is 1. The monoisotopic (exact) mass is 279 g/mol. The van der Waals surface area contributed by atoms with E-state index in [9.17, 15) is 9.50 Å². The quantitative estimate of drug-likeness (QED) is 0.837. The minimum atomic E-state index is -2.01. The molecule has 0 radical (unpaired) electrons. The first-order valence-electron chi connectivity index (χ1n) is 6.59. The van der Waals surface area contributed by atoms with E-state index in [1.165, 1.54) is 0 Å². The lowest BCUT2D eigenvalue weighted by Crippen LogP contribution is -2.51. The maximum atomic E-state index is 14.5. The largest absolute Gasteiger partial charge is 0.376 e. The molecule has 0 saturated heterocycles. The van der Waals surface area contributed by atoms with E-state index in [2.05, 4.69) is 33.9 Å². The minimum Gasteiger partial charge on any atom is -0.376 e. The summed E-state index contributed by atoms with van der Waals surface area (Å²) >= 11 is 0. The van der Waals surface area contributed by atoms with E-state index >= 15 is 0 Å². The Hall–Kier alpha value is -1.13. The van der Waals surface area contributed by atoms with Gasteiger partial charge < -0.3 is 9.67 Å². The molecule has 1 aromatic carbocycles. The maximum absolute atomic E-state index is 14.5. The molecule has 19 heavy (non-hydrogen) atoms. The molecule has 0 aliphatic rings. The van der Waals surface area contributed by atoms with Gasteiger partial charge in [0.05, 0.1) is 13.6 Å². The standard InChI is InChI=1S/C15H22FNOSi/c1-15(2,3)19(4,5)14-12(16)7-6-11-8-9-17(10-18)13(11)14/h6-9,18H,10H2,1-5H3. The van der Waals surface area contributed by atoms with Crippen molar-refractivity contribution in [3.63, 3.8) is 0 Å². The molecule has 0 amide bonds. The van der Waals surface area contributed by atoms with Crippen molar-refractivity contribution in [2.24, 2.45) is 0 Å². The lowest BCUT2D eigenvalue weighted by atomic mass is 10.2. The molecule has 1 aromatic heterocycles. The molecule has 1 N–H and O–H groups in total. The first-order chi connectivity index (χ1) is 8.70. The number of hydrogen-bond donors (Lipinski definition) is 1. The first kappa shape index (κ1) is 14.3. The summed E-state index contributed by atoms with van der Waals surface area (Å²) in [7, 11) is -2.01. The van der Waals surface area contributed by atoms with Crippen molar-refractivity contribution in [3.05, 3.63) is 30.2 Å². The summed E-state index contributed by atoms with van der Waals surface area (Å²) in [5.41, 5.74) is 0.856. The Bertz CT molecular complexity index is 610. The normalized spacial score (nSPS) is 13.2. The van der Waals surface area contributed by atoms with E-state index in [0.29, 0.717) is 0 Å². The zero-order chi connectivity index (χ0) is 14.4. The summed E-state index contributed by atoms with van der Waals surface area (Å²) in [5.74, 6) is -0.146. The van der Waals surface area contributed by atoms with Crippen LogP contribution in [0.4, 0.5) is 4.39 Å². The van der Waals surface area contributed by atoms with Crippen molar-refractivity contribution in [2.75, 3.05) is 0 Å². The highest BCUT2D eigenvalue weighted by atomic mass is 28.3. The zero-order valence-corrected chi connectivity index (χ0v) is 13.3. The Labute approximate surface area is 114 Å². The highest BCUT2D eigenvalue weighted by Gasteiger charge is 2.40. The number of aromatic nitrogens is 1. The molecule has 4 heteroatoms. The average molecular weight is 279 g/mol. The molecule has 2 nitrogen and oxygen atoms in total. The van der Waals surface area contributed by atoms with Gasteiger partial charge in [0.25, 0.3) is 0 Å². The number of rotatable bonds is 2. The predicted molar refractivity (Wildman–Crippen MR) is 80.9 cm³/mol. The van der Waals surface area contributed by atoms with Crippen LogP contribution in [0, 0.1) is 5.82 Å². The molecule has 0 aliphatic heterocycles. The van der Waals surface area contributed by atoms with Crippen LogP contribution >= 0.6 is 0 Å². The van der Waals surface area contributed by atoms with Gasteiger partial charge in [0.15, 0.2) is 0 Å². The molecule has 0 aliphatic carbocycles. The second-order valence-corrected chi connectivity index (χ2v) is 11.9. The average Bonchev–Trinajstić information content (AvgIpc) is 2.69. The van der Waals surface area contributed by atoms with Crippen molar-refractivity contribution in [3.8, 4) is 0 Å². The van der Waals surface area contributed by atoms with Gasteiger partial charge in [-0.3, -0.25) is 0 Å². The van der Waals surface area contributed by atoms with Gasteiger partial charge in [-0.2, -0.15) is 0 Å². The van der Waals surface area contributed by atoms with Crippen molar-refractivity contribution < 1.29 is 9.50 Å². The summed E-state index contributed by atoms with van der Waals surface area (Å²) < 4.78 is 16.2. The molecule has 104 valence electrons. The van der Waals surface area contributed by atoms with Crippen LogP contribution in [0.1, 0.15) is 20.8 Å². The molecular formula is C15H22FNOSi. The molecule has 0 unspecified atom stereocenters. The summed E-state index contributed by atoms with van der Waals surface area (Å²) in [6.45, 7) is 10.8. The van der Waals surface area contributed by atoms with Gasteiger partial charge in [-0.25, -0.2) is 4.39 Å². The topological polar surface area (TPSA) is 25.2 Å². The Morgan fingerprint density at radius 3 is 2.37 bits per heavy atom. The fourth-order valence-corrected chi connectivity index (χ4v) is 4.67. The lowest BCUT2D eigenvalue weighted by Gasteiger charge is -2.38. The van der Waals surface area contributed by atoms with E-state index in [1.54, 1.807) is 16.7 Å². The maximum Gasteiger partial charge on any atom is 0.124 e. The van der Waals surface area contributed by atoms with Gasteiger partial charge in [-0.1, -0.05) is 33.9 Å². The van der Waals surface area contributed by atoms with Crippen LogP contribution in [0.25, 0.3) is 10.9 Å². The van der Waals surface area contributed by atoms with Crippen LogP contribution in [0.2, 0.25) is 18.1 Å². The van der Waals surface area contributed by atoms with Crippen molar-refractivity contribution in [1.29, 1.82) is 0 Å². The van der Waals surface area contributed by atoms with E-state index in [1.807, 2.05) is 12.3 Å². The Morgan fingerprint density at radius 1 is 1.21 bits per heavy atom. The highest BCUT2D eigenvalue weighted by molar-refractivity contribution is 6.93. The van der Waals surface area contributed by atoms with E-state index < -0.39 is 8.07 Å². The van der Waals surface area contributed by atoms with Gasteiger partial charge in [-0.15, -0.1) is 0 Å². The Balaban J connectivity index is 2.85. The third-order valence-electron chi connectivity index (χ3n) is 4.53. The molecule has 1 heterocycles. The Kier molecular flexibility index (Phi) is 3.35. The molecule has 0 fully saturated rings. The summed E-state index contributed by atoms with van der Waals surface area (Å²) in [6.07, 6.45) is 1.82. The SMILES string of the molecule is CC(C)(C)[Si](C)(C)c1c(F)ccc2ccn(CO)c12. The van der Waals surface area contributed by atoms with Gasteiger partial charge in [0.1, 0.15) is 12.5 Å². The van der Waals surface area contributed by atoms with Gasteiger partial charge in [-0.05, 0) is 33.8 Å². The number of aliphatic hydroxyl groups excluding tert-OH is 1. The second kappa shape index (κ2) is 4.46. The molecule has 0 bridgehead atoms. The van der Waals surface area contributed by atoms with Crippen molar-refractivity contribution in [1.82, 2.24) is 4.57 Å². The van der Waals surface area contributed by atoms with Crippen LogP contribution < -0.4 is 5.19 Å². The second-order valence-electron chi connectivity index (χ2n) is 6.66. The zero-order valence-electron chi connectivity index (χ0n) is 12.3. The molecule has 2 rings (SSSR count). The molecule has 0 atom stereocenters. The van der Waals surface area contributed by atoms with E-state index in [0.717, 1.165) is 16.1 Å². The lowest BCUT2D eigenvalue weighted by molar-refractivity contribution is 0.215. The third kappa shape index (κ3) is 2.13. The highest BCUT2D eigenvalue weighted by Crippen LogP contribution is 2.37. The van der Waals surface area contributed by atoms with Crippen LogP contribution in [-0.2, 0) is 6.73 Å². The van der Waals surface area contributed by atoms with Crippen molar-refractivity contribution in [2.45, 2.75) is 45.6 Å². The van der Waals surface area contributed by atoms with E-state index in [-0.39, 0.29) is 17.6 Å². The summed E-state index contributed by atoms with van der Waals surface area (Å²) in [4.78, 5) is 0. The fraction of sp³-hybridized carbons (Fsp3) is 0.467. The number of nitrogens with zero attached hydrogens (tertiary/aromatic N) is 1. The summed E-state index contributed by atoms with van der Waals surface area (Å²) in [6, 6.07) is 5.27. The van der Waals surface area contributed by atoms with Gasteiger partial charge in [0.2, 0.25) is 0 Å². The van der Waals surface area contributed by atoms with Gasteiger partial charge >= 0.3 is 0 Å². The first-order valence-corrected chi connectivity index (χ1v) is 9.59. The van der Waals surface area contributed by atoms with Crippen LogP contribution in [-0.4, -0.2) is 17.7 Å². The number of halogens is 1. The number of fused-ring (bicyclic) bond motifs is 1. The Morgan fingerprint density at radius 2 is 1.84 bits per heavy atom. The predicted octanol–water partition coefficient (Wildman–Crippen LogP) is 3.45. The summed E-state index contributed by atoms with van der Waals surface area (Å²) in [5, 5.41) is 11.3. The minimum absolute atomic E-state index is 0.0483. The van der Waals surface area contributed by atoms with Gasteiger partial charge in [0, 0.05) is 6.20 Å². The van der Waals surface area contributed by atoms with Crippen LogP contribution in [0.3, 0.4) is 0 Å². The van der Waals surface area contributed by atoms with Crippen LogP contribution in [0.15, 0.2) is 24.4 Å². The number of hydrogen-bond acceptors (Lipinski definition) is 1. The molecule has 0 saturated carbocycles. The van der Waals surface area contributed by atoms with Crippen molar-refractivity contribution >= 4 is 24.2 Å². The fourth-order valence-electron chi connectivity index (χ4n) is 2.36. The van der Waals surface area contributed by atoms with E-state index in [4.69, 9.17) is 0 Å². The number of aliphatic hydroxyl groups is 1. The molecular weight excluding hydrogens is 257 g/mol. The van der Waals surface area contributed by atoms with Crippen LogP contribution in [0.5, 0.6) is 0 Å². The smallest absolute Gasteiger partial charge is 0.124 e. The molecule has 0 spiro atoms.